The van der Waals surface area contributed by atoms with E-state index in [-0.39, 0.29) is 29.1 Å². The fraction of sp³-hybridized carbons (Fsp3) is 0.105. The van der Waals surface area contributed by atoms with Gasteiger partial charge in [0.15, 0.2) is 0 Å². The molecule has 0 unspecified atom stereocenters. The van der Waals surface area contributed by atoms with Crippen LogP contribution < -0.4 is 21.7 Å². The molecule has 30 heavy (non-hydrogen) atoms. The Morgan fingerprint density at radius 3 is 2.40 bits per heavy atom. The molecule has 2 aromatic carbocycles. The van der Waals surface area contributed by atoms with Gasteiger partial charge in [-0.15, -0.1) is 0 Å². The van der Waals surface area contributed by atoms with Crippen molar-refractivity contribution in [2.24, 2.45) is 5.14 Å². The molecule has 1 amide bonds. The first-order chi connectivity index (χ1) is 14.2. The molecule has 3 rings (SSSR count). The van der Waals surface area contributed by atoms with Gasteiger partial charge in [-0.3, -0.25) is 14.2 Å². The number of aromatic amines is 1. The number of carbonyl (C=O) groups excluding carboxylic acids is 1. The van der Waals surface area contributed by atoms with Crippen LogP contribution in [0.1, 0.15) is 21.5 Å². The van der Waals surface area contributed by atoms with Crippen molar-refractivity contribution in [1.29, 1.82) is 0 Å². The Kier molecular flexibility index (Phi) is 5.94. The maximum atomic E-state index is 13.9. The minimum absolute atomic E-state index is 0.00435. The fourth-order valence-corrected chi connectivity index (χ4v) is 3.20. The Morgan fingerprint density at radius 1 is 1.10 bits per heavy atom. The lowest BCUT2D eigenvalue weighted by atomic mass is 10.2. The maximum Gasteiger partial charge on any atom is 0.328 e. The molecular formula is C19H17FN4O5S. The molecule has 0 aliphatic rings. The van der Waals surface area contributed by atoms with Crippen LogP contribution in [0.2, 0.25) is 0 Å². The molecule has 0 radical (unpaired) electrons. The van der Waals surface area contributed by atoms with E-state index in [4.69, 9.17) is 5.14 Å². The molecular weight excluding hydrogens is 415 g/mol. The largest absolute Gasteiger partial charge is 0.348 e. The van der Waals surface area contributed by atoms with Crippen LogP contribution in [-0.2, 0) is 23.1 Å². The standard InChI is InChI=1S/C19H17FN4O5S/c20-16-4-2-1-3-13(16)11-24-18(26)15(10-23-19(24)27)17(25)22-9-12-5-7-14(8-6-12)30(21,28)29/h1-8,10H,9,11H2,(H,22,25)(H,23,27)(H2,21,28,29). The van der Waals surface area contributed by atoms with Crippen LogP contribution in [-0.4, -0.2) is 23.9 Å². The topological polar surface area (TPSA) is 144 Å². The molecule has 0 bridgehead atoms. The summed E-state index contributed by atoms with van der Waals surface area (Å²) in [7, 11) is -3.83. The van der Waals surface area contributed by atoms with Crippen molar-refractivity contribution < 1.29 is 17.6 Å². The fourth-order valence-electron chi connectivity index (χ4n) is 2.69. The Morgan fingerprint density at radius 2 is 1.77 bits per heavy atom. The molecule has 11 heteroatoms. The van der Waals surface area contributed by atoms with E-state index in [1.807, 2.05) is 0 Å². The third-order valence-corrected chi connectivity index (χ3v) is 5.23. The number of hydrogen-bond acceptors (Lipinski definition) is 5. The van der Waals surface area contributed by atoms with Crippen LogP contribution >= 0.6 is 0 Å². The number of nitrogens with two attached hydrogens (primary N) is 1. The van der Waals surface area contributed by atoms with Gasteiger partial charge in [-0.05, 0) is 23.8 Å². The molecule has 0 aliphatic heterocycles. The molecule has 9 nitrogen and oxygen atoms in total. The molecule has 0 saturated carbocycles. The summed E-state index contributed by atoms with van der Waals surface area (Å²) in [6, 6.07) is 11.2. The van der Waals surface area contributed by atoms with E-state index in [0.29, 0.717) is 5.56 Å². The zero-order chi connectivity index (χ0) is 21.9. The van der Waals surface area contributed by atoms with Gasteiger partial charge >= 0.3 is 5.69 Å². The number of rotatable bonds is 6. The van der Waals surface area contributed by atoms with Gasteiger partial charge in [0.25, 0.3) is 11.5 Å². The van der Waals surface area contributed by atoms with Crippen molar-refractivity contribution in [3.05, 3.63) is 98.1 Å². The van der Waals surface area contributed by atoms with Gasteiger partial charge in [-0.2, -0.15) is 0 Å². The van der Waals surface area contributed by atoms with Crippen LogP contribution in [0.15, 0.2) is 69.2 Å². The number of sulfonamides is 1. The van der Waals surface area contributed by atoms with Crippen molar-refractivity contribution >= 4 is 15.9 Å². The van der Waals surface area contributed by atoms with Crippen molar-refractivity contribution in [1.82, 2.24) is 14.9 Å². The molecule has 1 heterocycles. The van der Waals surface area contributed by atoms with Gasteiger partial charge in [0.1, 0.15) is 11.4 Å². The lowest BCUT2D eigenvalue weighted by molar-refractivity contribution is 0.0948. The number of hydrogen-bond donors (Lipinski definition) is 3. The van der Waals surface area contributed by atoms with Gasteiger partial charge in [-0.25, -0.2) is 22.7 Å². The first-order valence-corrected chi connectivity index (χ1v) is 10.2. The highest BCUT2D eigenvalue weighted by atomic mass is 32.2. The number of H-pyrrole nitrogens is 1. The first-order valence-electron chi connectivity index (χ1n) is 8.62. The average Bonchev–Trinajstić information content (AvgIpc) is 2.70. The molecule has 4 N–H and O–H groups in total. The van der Waals surface area contributed by atoms with E-state index in [2.05, 4.69) is 10.3 Å². The lowest BCUT2D eigenvalue weighted by Gasteiger charge is -2.09. The van der Waals surface area contributed by atoms with Gasteiger partial charge in [0.05, 0.1) is 11.4 Å². The summed E-state index contributed by atoms with van der Waals surface area (Å²) >= 11 is 0. The molecule has 156 valence electrons. The smallest absolute Gasteiger partial charge is 0.328 e. The molecule has 0 saturated heterocycles. The third kappa shape index (κ3) is 4.70. The summed E-state index contributed by atoms with van der Waals surface area (Å²) in [6.07, 6.45) is 0.988. The summed E-state index contributed by atoms with van der Waals surface area (Å²) in [4.78, 5) is 39.2. The van der Waals surface area contributed by atoms with Gasteiger partial charge in [0, 0.05) is 18.3 Å². The molecule has 0 aliphatic carbocycles. The van der Waals surface area contributed by atoms with Gasteiger partial charge in [-0.1, -0.05) is 30.3 Å². The highest BCUT2D eigenvalue weighted by Gasteiger charge is 2.16. The van der Waals surface area contributed by atoms with Crippen molar-refractivity contribution in [2.45, 2.75) is 18.0 Å². The summed E-state index contributed by atoms with van der Waals surface area (Å²) in [6.45, 7) is -0.341. The van der Waals surface area contributed by atoms with E-state index in [1.165, 1.54) is 42.5 Å². The van der Waals surface area contributed by atoms with Crippen LogP contribution in [0, 0.1) is 5.82 Å². The molecule has 0 spiro atoms. The molecule has 1 aromatic heterocycles. The van der Waals surface area contributed by atoms with Crippen LogP contribution in [0.3, 0.4) is 0 Å². The van der Waals surface area contributed by atoms with Crippen LogP contribution in [0.5, 0.6) is 0 Å². The molecule has 0 atom stereocenters. The van der Waals surface area contributed by atoms with Crippen molar-refractivity contribution in [3.8, 4) is 0 Å². The predicted molar refractivity (Wildman–Crippen MR) is 106 cm³/mol. The first kappa shape index (κ1) is 21.1. The molecule has 0 fully saturated rings. The summed E-state index contributed by atoms with van der Waals surface area (Å²) in [5.41, 5.74) is -1.29. The summed E-state index contributed by atoms with van der Waals surface area (Å²) in [5.74, 6) is -1.34. The highest BCUT2D eigenvalue weighted by molar-refractivity contribution is 7.89. The second-order valence-electron chi connectivity index (χ2n) is 6.36. The normalized spacial score (nSPS) is 11.3. The number of aromatic nitrogens is 2. The van der Waals surface area contributed by atoms with Crippen molar-refractivity contribution in [3.63, 3.8) is 0 Å². The Balaban J connectivity index is 1.79. The third-order valence-electron chi connectivity index (χ3n) is 4.30. The van der Waals surface area contributed by atoms with E-state index >= 15 is 0 Å². The van der Waals surface area contributed by atoms with Crippen LogP contribution in [0.25, 0.3) is 0 Å². The lowest BCUT2D eigenvalue weighted by Crippen LogP contribution is -2.40. The minimum Gasteiger partial charge on any atom is -0.348 e. The zero-order valence-corrected chi connectivity index (χ0v) is 16.3. The Labute approximate surface area is 170 Å². The highest BCUT2D eigenvalue weighted by Crippen LogP contribution is 2.09. The molecule has 3 aromatic rings. The van der Waals surface area contributed by atoms with Crippen molar-refractivity contribution in [2.75, 3.05) is 0 Å². The minimum atomic E-state index is -3.83. The van der Waals surface area contributed by atoms with E-state index in [9.17, 15) is 27.2 Å². The Bertz CT molecular complexity index is 1310. The van der Waals surface area contributed by atoms with E-state index < -0.39 is 33.0 Å². The summed E-state index contributed by atoms with van der Waals surface area (Å²) < 4.78 is 37.1. The second kappa shape index (κ2) is 8.43. The van der Waals surface area contributed by atoms with E-state index in [0.717, 1.165) is 10.8 Å². The number of carbonyl (C=O) groups is 1. The SMILES string of the molecule is NS(=O)(=O)c1ccc(CNC(=O)c2c[nH]c(=O)n(Cc3ccccc3F)c2=O)cc1. The average molecular weight is 432 g/mol. The van der Waals surface area contributed by atoms with Crippen LogP contribution in [0.4, 0.5) is 4.39 Å². The number of primary sulfonamides is 1. The number of halogens is 1. The second-order valence-corrected chi connectivity index (χ2v) is 7.92. The number of nitrogens with zero attached hydrogens (tertiary/aromatic N) is 1. The maximum absolute atomic E-state index is 13.9. The number of amides is 1. The van der Waals surface area contributed by atoms with Gasteiger partial charge in [0.2, 0.25) is 10.0 Å². The van der Waals surface area contributed by atoms with E-state index in [1.54, 1.807) is 6.07 Å². The predicted octanol–water partition coefficient (Wildman–Crippen LogP) is 0.301. The number of benzene rings is 2. The summed E-state index contributed by atoms with van der Waals surface area (Å²) in [5, 5.41) is 7.53. The van der Waals surface area contributed by atoms with Gasteiger partial charge < -0.3 is 10.3 Å². The zero-order valence-electron chi connectivity index (χ0n) is 15.5. The number of nitrogens with one attached hydrogen (secondary N) is 2. The monoisotopic (exact) mass is 432 g/mol. The quantitative estimate of drug-likeness (QED) is 0.513. The Hall–Kier alpha value is -3.57.